The number of pyridine rings is 1. The molecule has 1 saturated heterocycles. The molecule has 0 unspecified atom stereocenters. The Kier molecular flexibility index (Phi) is 4.32. The predicted molar refractivity (Wildman–Crippen MR) is 79.2 cm³/mol. The minimum Gasteiger partial charge on any atom is -0.474 e. The average molecular weight is 301 g/mol. The van der Waals surface area contributed by atoms with Gasteiger partial charge >= 0.3 is 0 Å². The van der Waals surface area contributed by atoms with E-state index in [2.05, 4.69) is 15.3 Å². The highest BCUT2D eigenvalue weighted by atomic mass is 16.5. The van der Waals surface area contributed by atoms with E-state index >= 15 is 0 Å². The number of hydrogen-bond acceptors (Lipinski definition) is 5. The Labute approximate surface area is 128 Å². The molecule has 2 aromatic heterocycles. The molecule has 2 aromatic rings. The molecular weight excluding hydrogens is 282 g/mol. The summed E-state index contributed by atoms with van der Waals surface area (Å²) in [6.07, 6.45) is 5.47. The number of likely N-dealkylation sites (tertiary alicyclic amines) is 1. The largest absolute Gasteiger partial charge is 0.474 e. The van der Waals surface area contributed by atoms with Gasteiger partial charge in [-0.25, -0.2) is 4.98 Å². The van der Waals surface area contributed by atoms with Crippen LogP contribution in [0.5, 0.6) is 5.88 Å². The third-order valence-electron chi connectivity index (χ3n) is 3.86. The third kappa shape index (κ3) is 3.41. The van der Waals surface area contributed by atoms with Gasteiger partial charge in [0.1, 0.15) is 6.10 Å². The van der Waals surface area contributed by atoms with Crippen molar-refractivity contribution in [3.05, 3.63) is 36.3 Å². The van der Waals surface area contributed by atoms with Crippen molar-refractivity contribution in [3.63, 3.8) is 0 Å². The number of amides is 1. The number of rotatable bonds is 4. The van der Waals surface area contributed by atoms with Crippen LogP contribution >= 0.6 is 0 Å². The quantitative estimate of drug-likeness (QED) is 0.836. The Morgan fingerprint density at radius 3 is 2.82 bits per heavy atom. The lowest BCUT2D eigenvalue weighted by Crippen LogP contribution is -2.42. The molecule has 1 amide bonds. The molecule has 1 aliphatic heterocycles. The number of hydrogen-bond donors (Lipinski definition) is 0. The molecule has 7 heteroatoms. The first-order valence-electron chi connectivity index (χ1n) is 7.41. The highest BCUT2D eigenvalue weighted by molar-refractivity contribution is 5.78. The predicted octanol–water partition coefficient (Wildman–Crippen LogP) is 0.823. The maximum Gasteiger partial charge on any atom is 0.228 e. The van der Waals surface area contributed by atoms with Gasteiger partial charge in [0, 0.05) is 45.2 Å². The van der Waals surface area contributed by atoms with Crippen molar-refractivity contribution in [2.24, 2.45) is 7.05 Å². The van der Waals surface area contributed by atoms with Crippen LogP contribution in [0.2, 0.25) is 0 Å². The van der Waals surface area contributed by atoms with E-state index in [1.807, 2.05) is 23.1 Å². The first kappa shape index (κ1) is 14.5. The van der Waals surface area contributed by atoms with Crippen LogP contribution in [0.25, 0.3) is 0 Å². The summed E-state index contributed by atoms with van der Waals surface area (Å²) in [5.41, 5.74) is 0.830. The lowest BCUT2D eigenvalue weighted by atomic mass is 10.1. The van der Waals surface area contributed by atoms with Gasteiger partial charge in [-0.1, -0.05) is 11.3 Å². The maximum atomic E-state index is 12.3. The Bertz CT molecular complexity index is 620. The molecule has 0 saturated carbocycles. The number of carbonyl (C=O) groups is 1. The van der Waals surface area contributed by atoms with Gasteiger partial charge in [0.2, 0.25) is 11.8 Å². The molecule has 0 N–H and O–H groups in total. The maximum absolute atomic E-state index is 12.3. The number of aromatic nitrogens is 4. The molecule has 3 rings (SSSR count). The van der Waals surface area contributed by atoms with Crippen molar-refractivity contribution < 1.29 is 9.53 Å². The molecule has 7 nitrogen and oxygen atoms in total. The number of nitrogens with zero attached hydrogens (tertiary/aromatic N) is 5. The zero-order chi connectivity index (χ0) is 15.4. The van der Waals surface area contributed by atoms with Gasteiger partial charge in [0.25, 0.3) is 0 Å². The molecule has 0 aliphatic carbocycles. The molecule has 3 heterocycles. The minimum absolute atomic E-state index is 0.113. The van der Waals surface area contributed by atoms with Crippen LogP contribution < -0.4 is 4.74 Å². The fourth-order valence-corrected chi connectivity index (χ4v) is 2.55. The highest BCUT2D eigenvalue weighted by Crippen LogP contribution is 2.17. The van der Waals surface area contributed by atoms with E-state index < -0.39 is 0 Å². The van der Waals surface area contributed by atoms with Gasteiger partial charge in [0.15, 0.2) is 0 Å². The number of piperidine rings is 1. The molecule has 1 fully saturated rings. The summed E-state index contributed by atoms with van der Waals surface area (Å²) in [4.78, 5) is 18.3. The topological polar surface area (TPSA) is 73.1 Å². The minimum atomic E-state index is 0.113. The summed E-state index contributed by atoms with van der Waals surface area (Å²) in [6, 6.07) is 5.62. The van der Waals surface area contributed by atoms with Gasteiger partial charge in [0.05, 0.1) is 18.3 Å². The van der Waals surface area contributed by atoms with Crippen molar-refractivity contribution in [3.8, 4) is 5.88 Å². The molecule has 0 aromatic carbocycles. The number of aryl methyl sites for hydroxylation is 1. The van der Waals surface area contributed by atoms with Gasteiger partial charge in [-0.15, -0.1) is 5.10 Å². The van der Waals surface area contributed by atoms with Crippen molar-refractivity contribution in [2.45, 2.75) is 25.4 Å². The summed E-state index contributed by atoms with van der Waals surface area (Å²) >= 11 is 0. The normalized spacial score (nSPS) is 15.8. The van der Waals surface area contributed by atoms with Crippen molar-refractivity contribution >= 4 is 5.91 Å². The SMILES string of the molecule is Cn1nncc1CC(=O)N1CCC(Oc2ccccn2)CC1. The Morgan fingerprint density at radius 1 is 1.36 bits per heavy atom. The van der Waals surface area contributed by atoms with Crippen LogP contribution in [-0.4, -0.2) is 50.0 Å². The lowest BCUT2D eigenvalue weighted by Gasteiger charge is -2.32. The van der Waals surface area contributed by atoms with Gasteiger partial charge in [-0.2, -0.15) is 0 Å². The molecule has 0 bridgehead atoms. The van der Waals surface area contributed by atoms with Crippen LogP contribution in [0.4, 0.5) is 0 Å². The second-order valence-corrected chi connectivity index (χ2v) is 5.39. The molecule has 0 radical (unpaired) electrons. The van der Waals surface area contributed by atoms with E-state index in [1.54, 1.807) is 24.1 Å². The summed E-state index contributed by atoms with van der Waals surface area (Å²) < 4.78 is 7.47. The van der Waals surface area contributed by atoms with E-state index in [-0.39, 0.29) is 12.0 Å². The summed E-state index contributed by atoms with van der Waals surface area (Å²) in [6.45, 7) is 1.42. The van der Waals surface area contributed by atoms with Crippen LogP contribution in [0.1, 0.15) is 18.5 Å². The highest BCUT2D eigenvalue weighted by Gasteiger charge is 2.24. The number of ether oxygens (including phenoxy) is 1. The van der Waals surface area contributed by atoms with Crippen LogP contribution in [0.3, 0.4) is 0 Å². The van der Waals surface area contributed by atoms with Crippen molar-refractivity contribution in [1.82, 2.24) is 24.9 Å². The monoisotopic (exact) mass is 301 g/mol. The molecule has 0 atom stereocenters. The van der Waals surface area contributed by atoms with Gasteiger partial charge in [-0.05, 0) is 6.07 Å². The van der Waals surface area contributed by atoms with E-state index in [0.717, 1.165) is 18.5 Å². The molecule has 116 valence electrons. The standard InChI is InChI=1S/C15H19N5O2/c1-19-12(11-17-18-19)10-15(21)20-8-5-13(6-9-20)22-14-4-2-3-7-16-14/h2-4,7,11,13H,5-6,8-10H2,1H3. The first-order chi connectivity index (χ1) is 10.7. The fraction of sp³-hybridized carbons (Fsp3) is 0.467. The summed E-state index contributed by atoms with van der Waals surface area (Å²) in [5.74, 6) is 0.759. The second-order valence-electron chi connectivity index (χ2n) is 5.39. The van der Waals surface area contributed by atoms with E-state index in [9.17, 15) is 4.79 Å². The smallest absolute Gasteiger partial charge is 0.228 e. The first-order valence-corrected chi connectivity index (χ1v) is 7.41. The van der Waals surface area contributed by atoms with Gasteiger partial charge in [-0.3, -0.25) is 9.48 Å². The molecule has 1 aliphatic rings. The summed E-state index contributed by atoms with van der Waals surface area (Å²) in [7, 11) is 1.79. The van der Waals surface area contributed by atoms with Crippen LogP contribution in [0.15, 0.2) is 30.6 Å². The molecule has 22 heavy (non-hydrogen) atoms. The Morgan fingerprint density at radius 2 is 2.18 bits per heavy atom. The van der Waals surface area contributed by atoms with Crippen LogP contribution in [0, 0.1) is 0 Å². The van der Waals surface area contributed by atoms with E-state index in [1.165, 1.54) is 0 Å². The van der Waals surface area contributed by atoms with Gasteiger partial charge < -0.3 is 9.64 Å². The van der Waals surface area contributed by atoms with Crippen molar-refractivity contribution in [1.29, 1.82) is 0 Å². The summed E-state index contributed by atoms with van der Waals surface area (Å²) in [5, 5.41) is 7.64. The lowest BCUT2D eigenvalue weighted by molar-refractivity contribution is -0.132. The molecular formula is C15H19N5O2. The second kappa shape index (κ2) is 6.55. The zero-order valence-electron chi connectivity index (χ0n) is 12.6. The average Bonchev–Trinajstić information content (AvgIpc) is 2.94. The Hall–Kier alpha value is -2.44. The third-order valence-corrected chi connectivity index (χ3v) is 3.86. The number of carbonyl (C=O) groups excluding carboxylic acids is 1. The van der Waals surface area contributed by atoms with E-state index in [0.29, 0.717) is 25.4 Å². The van der Waals surface area contributed by atoms with E-state index in [4.69, 9.17) is 4.74 Å². The fourth-order valence-electron chi connectivity index (χ4n) is 2.55. The van der Waals surface area contributed by atoms with Crippen molar-refractivity contribution in [2.75, 3.05) is 13.1 Å². The zero-order valence-corrected chi connectivity index (χ0v) is 12.6. The molecule has 0 spiro atoms. The Balaban J connectivity index is 1.49. The van der Waals surface area contributed by atoms with Crippen LogP contribution in [-0.2, 0) is 18.3 Å².